The quantitative estimate of drug-likeness (QED) is 0.718. The van der Waals surface area contributed by atoms with Gasteiger partial charge < -0.3 is 15.0 Å². The monoisotopic (exact) mass is 416 g/mol. The summed E-state index contributed by atoms with van der Waals surface area (Å²) in [6, 6.07) is 12.8. The zero-order valence-corrected chi connectivity index (χ0v) is 16.7. The van der Waals surface area contributed by atoms with Crippen LogP contribution in [0.3, 0.4) is 0 Å². The second kappa shape index (κ2) is 8.04. The first-order valence-electron chi connectivity index (χ1n) is 8.83. The van der Waals surface area contributed by atoms with Gasteiger partial charge in [0, 0.05) is 18.3 Å². The Morgan fingerprint density at radius 3 is 2.48 bits per heavy atom. The number of para-hydroxylation sites is 1. The lowest BCUT2D eigenvalue weighted by Crippen LogP contribution is -2.42. The number of amides is 2. The number of fused-ring (bicyclic) bond motifs is 1. The number of nitrogens with one attached hydrogen (secondary N) is 1. The summed E-state index contributed by atoms with van der Waals surface area (Å²) in [5.41, 5.74) is 0.974. The van der Waals surface area contributed by atoms with Crippen molar-refractivity contribution in [3.63, 3.8) is 0 Å². The van der Waals surface area contributed by atoms with Crippen LogP contribution in [0.25, 0.3) is 0 Å². The van der Waals surface area contributed by atoms with E-state index in [0.29, 0.717) is 17.1 Å². The standard InChI is InChI=1S/C20H20N2O6S/c1-13-20(25)22(2)16-10-14(8-9-18(16)28-13)17(23)11-29(26,27)12-19(24)21-15-6-4-3-5-7-15/h3-10,13H,11-12H2,1-2H3,(H,21,24). The van der Waals surface area contributed by atoms with E-state index >= 15 is 0 Å². The first kappa shape index (κ1) is 20.5. The van der Waals surface area contributed by atoms with Crippen molar-refractivity contribution in [3.05, 3.63) is 54.1 Å². The Hall–Kier alpha value is -3.20. The van der Waals surface area contributed by atoms with Gasteiger partial charge in [0.2, 0.25) is 5.91 Å². The number of ketones is 1. The summed E-state index contributed by atoms with van der Waals surface area (Å²) >= 11 is 0. The molecular weight excluding hydrogens is 396 g/mol. The van der Waals surface area contributed by atoms with Crippen LogP contribution < -0.4 is 15.0 Å². The molecule has 1 atom stereocenters. The number of ether oxygens (including phenoxy) is 1. The van der Waals surface area contributed by atoms with Crippen molar-refractivity contribution in [1.29, 1.82) is 0 Å². The van der Waals surface area contributed by atoms with Crippen molar-refractivity contribution in [3.8, 4) is 5.75 Å². The van der Waals surface area contributed by atoms with E-state index in [1.165, 1.54) is 23.1 Å². The number of hydrogen-bond acceptors (Lipinski definition) is 6. The molecule has 1 unspecified atom stereocenters. The lowest BCUT2D eigenvalue weighted by atomic mass is 10.1. The van der Waals surface area contributed by atoms with Gasteiger partial charge in [0.25, 0.3) is 5.91 Å². The molecule has 0 radical (unpaired) electrons. The SMILES string of the molecule is CC1Oc2ccc(C(=O)CS(=O)(=O)CC(=O)Nc3ccccc3)cc2N(C)C1=O. The number of hydrogen-bond donors (Lipinski definition) is 1. The van der Waals surface area contributed by atoms with Crippen molar-refractivity contribution < 1.29 is 27.5 Å². The van der Waals surface area contributed by atoms with Gasteiger partial charge in [0.05, 0.1) is 5.69 Å². The molecule has 1 N–H and O–H groups in total. The van der Waals surface area contributed by atoms with Crippen LogP contribution in [0.15, 0.2) is 48.5 Å². The third kappa shape index (κ3) is 4.80. The molecule has 0 saturated carbocycles. The smallest absolute Gasteiger partial charge is 0.267 e. The third-order valence-electron chi connectivity index (χ3n) is 4.38. The average molecular weight is 416 g/mol. The topological polar surface area (TPSA) is 110 Å². The molecule has 0 saturated heterocycles. The normalized spacial score (nSPS) is 16.0. The van der Waals surface area contributed by atoms with Crippen LogP contribution in [0.1, 0.15) is 17.3 Å². The molecule has 9 heteroatoms. The van der Waals surface area contributed by atoms with Gasteiger partial charge in [-0.3, -0.25) is 14.4 Å². The summed E-state index contributed by atoms with van der Waals surface area (Å²) in [5.74, 6) is -2.85. The van der Waals surface area contributed by atoms with E-state index in [0.717, 1.165) is 0 Å². The van der Waals surface area contributed by atoms with Crippen molar-refractivity contribution in [1.82, 2.24) is 0 Å². The fourth-order valence-corrected chi connectivity index (χ4v) is 4.08. The lowest BCUT2D eigenvalue weighted by molar-refractivity contribution is -0.125. The van der Waals surface area contributed by atoms with Crippen LogP contribution >= 0.6 is 0 Å². The minimum absolute atomic E-state index is 0.119. The Balaban J connectivity index is 1.69. The van der Waals surface area contributed by atoms with E-state index in [9.17, 15) is 22.8 Å². The fraction of sp³-hybridized carbons (Fsp3) is 0.250. The number of likely N-dealkylation sites (N-methyl/N-ethyl adjacent to an activating group) is 1. The molecule has 0 fully saturated rings. The molecule has 29 heavy (non-hydrogen) atoms. The number of rotatable bonds is 6. The summed E-state index contributed by atoms with van der Waals surface area (Å²) in [4.78, 5) is 37.9. The second-order valence-corrected chi connectivity index (χ2v) is 8.77. The first-order valence-corrected chi connectivity index (χ1v) is 10.7. The Kier molecular flexibility index (Phi) is 5.69. The molecular formula is C20H20N2O6S. The summed E-state index contributed by atoms with van der Waals surface area (Å²) in [6.45, 7) is 1.62. The van der Waals surface area contributed by atoms with Crippen LogP contribution in [0.5, 0.6) is 5.75 Å². The minimum Gasteiger partial charge on any atom is -0.479 e. The fourth-order valence-electron chi connectivity index (χ4n) is 2.94. The highest BCUT2D eigenvalue weighted by molar-refractivity contribution is 7.92. The molecule has 2 aromatic carbocycles. The molecule has 0 aromatic heterocycles. The van der Waals surface area contributed by atoms with Gasteiger partial charge >= 0.3 is 0 Å². The van der Waals surface area contributed by atoms with E-state index in [4.69, 9.17) is 4.74 Å². The predicted molar refractivity (Wildman–Crippen MR) is 108 cm³/mol. The summed E-state index contributed by atoms with van der Waals surface area (Å²) in [5, 5.41) is 2.48. The van der Waals surface area contributed by atoms with E-state index < -0.39 is 39.1 Å². The van der Waals surface area contributed by atoms with Crippen molar-refractivity contribution >= 4 is 38.8 Å². The molecule has 1 aliphatic heterocycles. The van der Waals surface area contributed by atoms with Crippen molar-refractivity contribution in [2.45, 2.75) is 13.0 Å². The number of sulfone groups is 1. The predicted octanol–water partition coefficient (Wildman–Crippen LogP) is 1.67. The van der Waals surface area contributed by atoms with Gasteiger partial charge in [-0.1, -0.05) is 18.2 Å². The molecule has 2 aromatic rings. The molecule has 1 aliphatic rings. The Bertz CT molecular complexity index is 1070. The molecule has 2 amide bonds. The Morgan fingerprint density at radius 1 is 1.10 bits per heavy atom. The number of carbonyl (C=O) groups is 3. The molecule has 1 heterocycles. The van der Waals surface area contributed by atoms with E-state index in [2.05, 4.69) is 5.32 Å². The van der Waals surface area contributed by atoms with Crippen LogP contribution in [0, 0.1) is 0 Å². The maximum absolute atomic E-state index is 12.5. The van der Waals surface area contributed by atoms with Gasteiger partial charge in [-0.15, -0.1) is 0 Å². The summed E-state index contributed by atoms with van der Waals surface area (Å²) < 4.78 is 30.1. The molecule has 0 spiro atoms. The minimum atomic E-state index is -3.98. The van der Waals surface area contributed by atoms with Crippen LogP contribution in [-0.2, 0) is 19.4 Å². The zero-order valence-electron chi connectivity index (χ0n) is 15.9. The Morgan fingerprint density at radius 2 is 1.79 bits per heavy atom. The van der Waals surface area contributed by atoms with E-state index in [1.807, 2.05) is 0 Å². The summed E-state index contributed by atoms with van der Waals surface area (Å²) in [7, 11) is -2.42. The number of Topliss-reactive ketones (excluding diaryl/α,β-unsaturated/α-hetero) is 1. The average Bonchev–Trinajstić information content (AvgIpc) is 2.65. The largest absolute Gasteiger partial charge is 0.479 e. The Labute approximate surface area is 168 Å². The van der Waals surface area contributed by atoms with Crippen LogP contribution in [-0.4, -0.2) is 50.7 Å². The molecule has 0 aliphatic carbocycles. The van der Waals surface area contributed by atoms with Crippen LogP contribution in [0.2, 0.25) is 0 Å². The van der Waals surface area contributed by atoms with Crippen molar-refractivity contribution in [2.24, 2.45) is 0 Å². The molecule has 3 rings (SSSR count). The molecule has 152 valence electrons. The van der Waals surface area contributed by atoms with Crippen molar-refractivity contribution in [2.75, 3.05) is 28.8 Å². The van der Waals surface area contributed by atoms with Crippen LogP contribution in [0.4, 0.5) is 11.4 Å². The maximum atomic E-state index is 12.5. The number of nitrogens with zero attached hydrogens (tertiary/aromatic N) is 1. The number of benzene rings is 2. The van der Waals surface area contributed by atoms with Gasteiger partial charge in [0.15, 0.2) is 21.7 Å². The third-order valence-corrected chi connectivity index (χ3v) is 5.79. The van der Waals surface area contributed by atoms with Gasteiger partial charge in [-0.05, 0) is 37.3 Å². The number of anilines is 2. The zero-order chi connectivity index (χ0) is 21.2. The summed E-state index contributed by atoms with van der Waals surface area (Å²) in [6.07, 6.45) is -0.641. The van der Waals surface area contributed by atoms with E-state index in [1.54, 1.807) is 44.3 Å². The highest BCUT2D eigenvalue weighted by Crippen LogP contribution is 2.34. The van der Waals surface area contributed by atoms with Gasteiger partial charge in [-0.25, -0.2) is 8.42 Å². The van der Waals surface area contributed by atoms with Gasteiger partial charge in [0.1, 0.15) is 17.3 Å². The highest BCUT2D eigenvalue weighted by atomic mass is 32.2. The van der Waals surface area contributed by atoms with Gasteiger partial charge in [-0.2, -0.15) is 0 Å². The molecule has 8 nitrogen and oxygen atoms in total. The number of carbonyl (C=O) groups excluding carboxylic acids is 3. The maximum Gasteiger partial charge on any atom is 0.267 e. The second-order valence-electron chi connectivity index (χ2n) is 6.71. The first-order chi connectivity index (χ1) is 13.7. The molecule has 0 bridgehead atoms. The van der Waals surface area contributed by atoms with E-state index in [-0.39, 0.29) is 11.5 Å². The highest BCUT2D eigenvalue weighted by Gasteiger charge is 2.30. The lowest BCUT2D eigenvalue weighted by Gasteiger charge is -2.30.